The first-order chi connectivity index (χ1) is 7.84. The van der Waals surface area contributed by atoms with Crippen LogP contribution < -0.4 is 10.9 Å². The van der Waals surface area contributed by atoms with Crippen LogP contribution in [-0.2, 0) is 0 Å². The zero-order valence-corrected chi connectivity index (χ0v) is 8.79. The maximum absolute atomic E-state index is 11.3. The van der Waals surface area contributed by atoms with E-state index in [0.717, 1.165) is 29.6 Å². The second-order valence-corrected chi connectivity index (χ2v) is 4.00. The van der Waals surface area contributed by atoms with E-state index in [0.29, 0.717) is 0 Å². The molecule has 0 spiro atoms. The summed E-state index contributed by atoms with van der Waals surface area (Å²) >= 11 is 0. The Hall–Kier alpha value is -1.81. The quantitative estimate of drug-likeness (QED) is 0.630. The normalized spacial score (nSPS) is 20.4. The summed E-state index contributed by atoms with van der Waals surface area (Å²) in [5.74, 6) is 0. The second-order valence-electron chi connectivity index (χ2n) is 4.00. The maximum atomic E-state index is 11.3. The Bertz CT molecular complexity index is 594. The van der Waals surface area contributed by atoms with E-state index >= 15 is 0 Å². The summed E-state index contributed by atoms with van der Waals surface area (Å²) in [5, 5.41) is 3.40. The number of H-pyrrole nitrogens is 2. The van der Waals surface area contributed by atoms with Gasteiger partial charge < -0.3 is 15.3 Å². The lowest BCUT2D eigenvalue weighted by molar-refractivity contribution is 0.603. The van der Waals surface area contributed by atoms with Crippen LogP contribution in [0.15, 0.2) is 35.3 Å². The van der Waals surface area contributed by atoms with E-state index in [2.05, 4.69) is 27.4 Å². The predicted octanol–water partition coefficient (Wildman–Crippen LogP) is 1.45. The fourth-order valence-electron chi connectivity index (χ4n) is 2.13. The highest BCUT2D eigenvalue weighted by atomic mass is 16.1. The summed E-state index contributed by atoms with van der Waals surface area (Å²) in [6.45, 7) is 0.977. The molecule has 0 saturated carbocycles. The summed E-state index contributed by atoms with van der Waals surface area (Å²) in [6.07, 6.45) is 7.32. The first kappa shape index (κ1) is 9.42. The number of hydrogen-bond acceptors (Lipinski definition) is 2. The standard InChI is InChI=1S/C12H13N3O/c16-11-5-4-10-12(15-11)8(7-14-10)9-3-1-2-6-13-9/h1,3-5,7,9,13-14H,2,6H2,(H,15,16). The van der Waals surface area contributed by atoms with Gasteiger partial charge in [0.05, 0.1) is 17.1 Å². The average Bonchev–Trinajstić information content (AvgIpc) is 2.73. The number of hydrogen-bond donors (Lipinski definition) is 3. The number of fused-ring (bicyclic) bond motifs is 1. The van der Waals surface area contributed by atoms with Crippen LogP contribution in [0.5, 0.6) is 0 Å². The van der Waals surface area contributed by atoms with Gasteiger partial charge in [-0.05, 0) is 19.0 Å². The van der Waals surface area contributed by atoms with Crippen molar-refractivity contribution < 1.29 is 0 Å². The summed E-state index contributed by atoms with van der Waals surface area (Å²) in [5.41, 5.74) is 2.91. The first-order valence-electron chi connectivity index (χ1n) is 5.45. The predicted molar refractivity (Wildman–Crippen MR) is 63.4 cm³/mol. The van der Waals surface area contributed by atoms with Crippen LogP contribution in [0, 0.1) is 0 Å². The molecule has 3 rings (SSSR count). The van der Waals surface area contributed by atoms with Crippen LogP contribution in [-0.4, -0.2) is 16.5 Å². The molecular weight excluding hydrogens is 202 g/mol. The zero-order chi connectivity index (χ0) is 11.0. The molecule has 2 aromatic heterocycles. The Morgan fingerprint density at radius 1 is 1.31 bits per heavy atom. The Morgan fingerprint density at radius 2 is 2.25 bits per heavy atom. The molecule has 1 atom stereocenters. The van der Waals surface area contributed by atoms with E-state index < -0.39 is 0 Å². The molecular formula is C12H13N3O. The van der Waals surface area contributed by atoms with Crippen molar-refractivity contribution in [2.75, 3.05) is 6.54 Å². The Morgan fingerprint density at radius 3 is 3.06 bits per heavy atom. The van der Waals surface area contributed by atoms with Gasteiger partial charge in [-0.15, -0.1) is 0 Å². The van der Waals surface area contributed by atoms with Crippen LogP contribution in [0.3, 0.4) is 0 Å². The summed E-state index contributed by atoms with van der Waals surface area (Å²) in [7, 11) is 0. The molecule has 4 nitrogen and oxygen atoms in total. The number of rotatable bonds is 1. The molecule has 0 aliphatic carbocycles. The van der Waals surface area contributed by atoms with E-state index in [1.807, 2.05) is 12.3 Å². The van der Waals surface area contributed by atoms with Gasteiger partial charge in [-0.2, -0.15) is 0 Å². The van der Waals surface area contributed by atoms with Crippen molar-refractivity contribution in [2.45, 2.75) is 12.5 Å². The van der Waals surface area contributed by atoms with Gasteiger partial charge in [0.1, 0.15) is 0 Å². The highest BCUT2D eigenvalue weighted by molar-refractivity contribution is 5.79. The molecule has 82 valence electrons. The van der Waals surface area contributed by atoms with Gasteiger partial charge in [0.25, 0.3) is 0 Å². The van der Waals surface area contributed by atoms with Gasteiger partial charge in [-0.1, -0.05) is 12.2 Å². The largest absolute Gasteiger partial charge is 0.360 e. The van der Waals surface area contributed by atoms with Gasteiger partial charge in [0.15, 0.2) is 0 Å². The lowest BCUT2D eigenvalue weighted by Gasteiger charge is -2.17. The van der Waals surface area contributed by atoms with Gasteiger partial charge in [-0.3, -0.25) is 4.79 Å². The van der Waals surface area contributed by atoms with Crippen molar-refractivity contribution in [3.8, 4) is 0 Å². The monoisotopic (exact) mass is 215 g/mol. The van der Waals surface area contributed by atoms with E-state index in [9.17, 15) is 4.79 Å². The van der Waals surface area contributed by atoms with Crippen molar-refractivity contribution in [3.63, 3.8) is 0 Å². The second kappa shape index (κ2) is 3.64. The van der Waals surface area contributed by atoms with Gasteiger partial charge in [0.2, 0.25) is 5.56 Å². The van der Waals surface area contributed by atoms with E-state index in [4.69, 9.17) is 0 Å². The van der Waals surface area contributed by atoms with Gasteiger partial charge in [-0.25, -0.2) is 0 Å². The molecule has 16 heavy (non-hydrogen) atoms. The molecule has 4 heteroatoms. The third kappa shape index (κ3) is 1.47. The third-order valence-electron chi connectivity index (χ3n) is 2.93. The first-order valence-corrected chi connectivity index (χ1v) is 5.45. The van der Waals surface area contributed by atoms with Crippen molar-refractivity contribution in [1.82, 2.24) is 15.3 Å². The smallest absolute Gasteiger partial charge is 0.248 e. The molecule has 2 aromatic rings. The molecule has 3 N–H and O–H groups in total. The summed E-state index contributed by atoms with van der Waals surface area (Å²) in [4.78, 5) is 17.4. The Balaban J connectivity index is 2.15. The molecule has 0 aromatic carbocycles. The van der Waals surface area contributed by atoms with Crippen LogP contribution >= 0.6 is 0 Å². The highest BCUT2D eigenvalue weighted by Crippen LogP contribution is 2.23. The van der Waals surface area contributed by atoms with Crippen LogP contribution in [0.1, 0.15) is 18.0 Å². The molecule has 0 amide bonds. The fourth-order valence-corrected chi connectivity index (χ4v) is 2.13. The molecule has 0 fully saturated rings. The zero-order valence-electron chi connectivity index (χ0n) is 8.79. The van der Waals surface area contributed by atoms with Crippen LogP contribution in [0.25, 0.3) is 11.0 Å². The Kier molecular flexibility index (Phi) is 2.15. The van der Waals surface area contributed by atoms with E-state index in [-0.39, 0.29) is 11.6 Å². The molecule has 0 radical (unpaired) electrons. The number of aromatic nitrogens is 2. The summed E-state index contributed by atoms with van der Waals surface area (Å²) in [6, 6.07) is 3.54. The van der Waals surface area contributed by atoms with Crippen LogP contribution in [0.4, 0.5) is 0 Å². The minimum Gasteiger partial charge on any atom is -0.360 e. The topological polar surface area (TPSA) is 60.7 Å². The van der Waals surface area contributed by atoms with Gasteiger partial charge in [0, 0.05) is 17.8 Å². The molecule has 3 heterocycles. The van der Waals surface area contributed by atoms with Crippen molar-refractivity contribution in [3.05, 3.63) is 46.4 Å². The Labute approximate surface area is 92.4 Å². The minimum absolute atomic E-state index is 0.0619. The third-order valence-corrected chi connectivity index (χ3v) is 2.93. The molecule has 1 aliphatic rings. The van der Waals surface area contributed by atoms with E-state index in [1.54, 1.807) is 0 Å². The maximum Gasteiger partial charge on any atom is 0.248 e. The molecule has 1 aliphatic heterocycles. The number of nitrogens with one attached hydrogen (secondary N) is 3. The molecule has 1 unspecified atom stereocenters. The van der Waals surface area contributed by atoms with Gasteiger partial charge >= 0.3 is 0 Å². The average molecular weight is 215 g/mol. The lowest BCUT2D eigenvalue weighted by atomic mass is 10.1. The summed E-state index contributed by atoms with van der Waals surface area (Å²) < 4.78 is 0. The highest BCUT2D eigenvalue weighted by Gasteiger charge is 2.14. The SMILES string of the molecule is O=c1ccc2[nH]cc(C3C=CCCN3)c2[nH]1. The number of aromatic amines is 2. The van der Waals surface area contributed by atoms with Crippen molar-refractivity contribution in [2.24, 2.45) is 0 Å². The lowest BCUT2D eigenvalue weighted by Crippen LogP contribution is -2.23. The van der Waals surface area contributed by atoms with Crippen molar-refractivity contribution >= 4 is 11.0 Å². The van der Waals surface area contributed by atoms with Crippen LogP contribution in [0.2, 0.25) is 0 Å². The minimum atomic E-state index is -0.0619. The fraction of sp³-hybridized carbons (Fsp3) is 0.250. The van der Waals surface area contributed by atoms with Crippen molar-refractivity contribution in [1.29, 1.82) is 0 Å². The number of pyridine rings is 1. The van der Waals surface area contributed by atoms with E-state index in [1.165, 1.54) is 6.07 Å². The molecule has 0 saturated heterocycles. The molecule has 0 bridgehead atoms.